The summed E-state index contributed by atoms with van der Waals surface area (Å²) >= 11 is 0. The van der Waals surface area contributed by atoms with Crippen LogP contribution in [0, 0.1) is 25.2 Å². The largest absolute Gasteiger partial charge is 0.439 e. The van der Waals surface area contributed by atoms with Crippen molar-refractivity contribution in [2.45, 2.75) is 13.8 Å². The van der Waals surface area contributed by atoms with E-state index in [9.17, 15) is 0 Å². The van der Waals surface area contributed by atoms with E-state index in [-0.39, 0.29) is 5.69 Å². The van der Waals surface area contributed by atoms with E-state index in [0.717, 1.165) is 5.56 Å². The van der Waals surface area contributed by atoms with Gasteiger partial charge in [0.2, 0.25) is 5.88 Å². The zero-order valence-electron chi connectivity index (χ0n) is 10.3. The monoisotopic (exact) mass is 239 g/mol. The quantitative estimate of drug-likeness (QED) is 0.874. The number of benzene rings is 1. The van der Waals surface area contributed by atoms with Gasteiger partial charge in [-0.1, -0.05) is 6.07 Å². The Morgan fingerprint density at radius 1 is 1.17 bits per heavy atom. The van der Waals surface area contributed by atoms with Crippen molar-refractivity contribution in [3.63, 3.8) is 0 Å². The van der Waals surface area contributed by atoms with Crippen LogP contribution >= 0.6 is 0 Å². The van der Waals surface area contributed by atoms with Crippen molar-refractivity contribution in [1.82, 2.24) is 4.98 Å². The molecule has 0 aliphatic heterocycles. The van der Waals surface area contributed by atoms with E-state index in [4.69, 9.17) is 15.7 Å². The first-order chi connectivity index (χ1) is 8.60. The number of nitrogens with two attached hydrogens (primary N) is 1. The van der Waals surface area contributed by atoms with Crippen LogP contribution in [0.4, 0.5) is 5.69 Å². The molecule has 0 bridgehead atoms. The number of ether oxygens (including phenoxy) is 1. The Bertz CT molecular complexity index is 629. The molecule has 4 heteroatoms. The molecule has 0 fully saturated rings. The number of rotatable bonds is 2. The lowest BCUT2D eigenvalue weighted by atomic mass is 10.1. The molecule has 0 atom stereocenters. The highest BCUT2D eigenvalue weighted by Gasteiger charge is 2.04. The summed E-state index contributed by atoms with van der Waals surface area (Å²) in [6.45, 7) is 4.05. The number of anilines is 1. The summed E-state index contributed by atoms with van der Waals surface area (Å²) in [5.74, 6) is 1.06. The molecule has 0 aliphatic rings. The van der Waals surface area contributed by atoms with Gasteiger partial charge in [-0.3, -0.25) is 0 Å². The molecule has 0 aliphatic carbocycles. The fourth-order valence-electron chi connectivity index (χ4n) is 1.50. The predicted molar refractivity (Wildman–Crippen MR) is 69.4 cm³/mol. The molecule has 2 aromatic rings. The smallest absolute Gasteiger partial charge is 0.220 e. The first-order valence-electron chi connectivity index (χ1n) is 5.52. The Balaban J connectivity index is 2.29. The minimum atomic E-state index is 0.177. The van der Waals surface area contributed by atoms with Crippen molar-refractivity contribution in [3.05, 3.63) is 47.2 Å². The van der Waals surface area contributed by atoms with Crippen LogP contribution in [0.2, 0.25) is 0 Å². The van der Waals surface area contributed by atoms with Crippen LogP contribution in [0.5, 0.6) is 11.6 Å². The lowest BCUT2D eigenvalue weighted by Gasteiger charge is -2.07. The minimum absolute atomic E-state index is 0.177. The number of pyridine rings is 1. The van der Waals surface area contributed by atoms with Crippen LogP contribution < -0.4 is 10.5 Å². The summed E-state index contributed by atoms with van der Waals surface area (Å²) in [6, 6.07) is 11.0. The van der Waals surface area contributed by atoms with Gasteiger partial charge in [-0.2, -0.15) is 5.26 Å². The van der Waals surface area contributed by atoms with E-state index in [1.54, 1.807) is 12.1 Å². The molecule has 2 rings (SSSR count). The molecule has 0 saturated heterocycles. The summed E-state index contributed by atoms with van der Waals surface area (Å²) in [7, 11) is 0. The summed E-state index contributed by atoms with van der Waals surface area (Å²) in [4.78, 5) is 4.03. The maximum Gasteiger partial charge on any atom is 0.220 e. The summed E-state index contributed by atoms with van der Waals surface area (Å²) < 4.78 is 5.59. The van der Waals surface area contributed by atoms with Crippen molar-refractivity contribution < 1.29 is 4.74 Å². The molecular formula is C14H13N3O. The first kappa shape index (κ1) is 11.9. The van der Waals surface area contributed by atoms with E-state index >= 15 is 0 Å². The Kier molecular flexibility index (Phi) is 3.16. The van der Waals surface area contributed by atoms with E-state index < -0.39 is 0 Å². The van der Waals surface area contributed by atoms with Crippen molar-refractivity contribution in [2.75, 3.05) is 5.73 Å². The molecule has 0 radical (unpaired) electrons. The van der Waals surface area contributed by atoms with Crippen molar-refractivity contribution in [1.29, 1.82) is 5.26 Å². The van der Waals surface area contributed by atoms with Crippen molar-refractivity contribution in [3.8, 4) is 17.7 Å². The van der Waals surface area contributed by atoms with Gasteiger partial charge in [0.25, 0.3) is 0 Å². The van der Waals surface area contributed by atoms with Crippen LogP contribution in [0.25, 0.3) is 0 Å². The van der Waals surface area contributed by atoms with E-state index in [2.05, 4.69) is 4.98 Å². The van der Waals surface area contributed by atoms with Crippen LogP contribution in [0.3, 0.4) is 0 Å². The van der Waals surface area contributed by atoms with E-state index in [1.807, 2.05) is 38.1 Å². The molecule has 1 aromatic carbocycles. The number of aryl methyl sites for hydroxylation is 2. The fraction of sp³-hybridized carbons (Fsp3) is 0.143. The van der Waals surface area contributed by atoms with Crippen LogP contribution in [0.1, 0.15) is 16.8 Å². The van der Waals surface area contributed by atoms with Crippen molar-refractivity contribution in [2.24, 2.45) is 0 Å². The highest BCUT2D eigenvalue weighted by atomic mass is 16.5. The first-order valence-corrected chi connectivity index (χ1v) is 5.52. The molecular weight excluding hydrogens is 226 g/mol. The maximum absolute atomic E-state index is 8.84. The lowest BCUT2D eigenvalue weighted by Crippen LogP contribution is -1.96. The molecule has 90 valence electrons. The van der Waals surface area contributed by atoms with Crippen LogP contribution in [-0.4, -0.2) is 4.98 Å². The van der Waals surface area contributed by atoms with Gasteiger partial charge in [0, 0.05) is 6.07 Å². The number of hydrogen-bond acceptors (Lipinski definition) is 4. The number of nitrogens with zero attached hydrogens (tertiary/aromatic N) is 2. The van der Waals surface area contributed by atoms with Gasteiger partial charge in [-0.25, -0.2) is 4.98 Å². The number of aromatic nitrogens is 1. The number of nitriles is 1. The normalized spacial score (nSPS) is 9.83. The highest BCUT2D eigenvalue weighted by molar-refractivity contribution is 5.51. The molecule has 2 N–H and O–H groups in total. The molecule has 0 amide bonds. The average molecular weight is 239 g/mol. The maximum atomic E-state index is 8.84. The van der Waals surface area contributed by atoms with E-state index in [1.165, 1.54) is 5.56 Å². The average Bonchev–Trinajstić information content (AvgIpc) is 2.36. The second kappa shape index (κ2) is 4.76. The Morgan fingerprint density at radius 2 is 1.94 bits per heavy atom. The molecule has 1 heterocycles. The van der Waals surface area contributed by atoms with Crippen LogP contribution in [0.15, 0.2) is 30.3 Å². The summed E-state index contributed by atoms with van der Waals surface area (Å²) in [5, 5.41) is 8.84. The fourth-order valence-corrected chi connectivity index (χ4v) is 1.50. The van der Waals surface area contributed by atoms with E-state index in [0.29, 0.717) is 17.3 Å². The van der Waals surface area contributed by atoms with Gasteiger partial charge in [0.15, 0.2) is 5.69 Å². The Morgan fingerprint density at radius 3 is 2.61 bits per heavy atom. The molecule has 0 saturated carbocycles. The van der Waals surface area contributed by atoms with Crippen LogP contribution in [-0.2, 0) is 0 Å². The molecule has 1 aromatic heterocycles. The number of nitrogen functional groups attached to an aromatic ring is 1. The predicted octanol–water partition coefficient (Wildman–Crippen LogP) is 2.94. The Labute approximate surface area is 106 Å². The van der Waals surface area contributed by atoms with Gasteiger partial charge in [-0.05, 0) is 43.2 Å². The topological polar surface area (TPSA) is 71.9 Å². The SMILES string of the molecule is Cc1ccc(Oc2ccc(N)c(C#N)n2)cc1C. The molecule has 18 heavy (non-hydrogen) atoms. The van der Waals surface area contributed by atoms with Crippen molar-refractivity contribution >= 4 is 5.69 Å². The zero-order valence-corrected chi connectivity index (χ0v) is 10.3. The number of hydrogen-bond donors (Lipinski definition) is 1. The third-order valence-corrected chi connectivity index (χ3v) is 2.71. The lowest BCUT2D eigenvalue weighted by molar-refractivity contribution is 0.462. The third kappa shape index (κ3) is 2.41. The van der Waals surface area contributed by atoms with Gasteiger partial charge in [0.1, 0.15) is 11.8 Å². The second-order valence-electron chi connectivity index (χ2n) is 4.05. The summed E-state index contributed by atoms with van der Waals surface area (Å²) in [6.07, 6.45) is 0. The summed E-state index contributed by atoms with van der Waals surface area (Å²) in [5.41, 5.74) is 8.47. The van der Waals surface area contributed by atoms with Gasteiger partial charge in [0.05, 0.1) is 5.69 Å². The van der Waals surface area contributed by atoms with Gasteiger partial charge in [-0.15, -0.1) is 0 Å². The van der Waals surface area contributed by atoms with Gasteiger partial charge >= 0.3 is 0 Å². The molecule has 0 unspecified atom stereocenters. The standard InChI is InChI=1S/C14H13N3O/c1-9-3-4-11(7-10(9)2)18-14-6-5-12(16)13(8-15)17-14/h3-7H,16H2,1-2H3. The van der Waals surface area contributed by atoms with Gasteiger partial charge < -0.3 is 10.5 Å². The zero-order chi connectivity index (χ0) is 13.1. The Hall–Kier alpha value is -2.54. The third-order valence-electron chi connectivity index (χ3n) is 2.71. The minimum Gasteiger partial charge on any atom is -0.439 e. The molecule has 0 spiro atoms. The second-order valence-corrected chi connectivity index (χ2v) is 4.05. The highest BCUT2D eigenvalue weighted by Crippen LogP contribution is 2.23. The molecule has 4 nitrogen and oxygen atoms in total.